The molecule has 0 aliphatic carbocycles. The van der Waals surface area contributed by atoms with Gasteiger partial charge in [-0.1, -0.05) is 17.3 Å². The summed E-state index contributed by atoms with van der Waals surface area (Å²) in [7, 11) is -4.72. The van der Waals surface area contributed by atoms with Gasteiger partial charge in [0.2, 0.25) is 5.43 Å². The molecule has 6 N–H and O–H groups in total. The van der Waals surface area contributed by atoms with Gasteiger partial charge in [-0.2, -0.15) is 4.72 Å². The number of nitrogens with two attached hydrogens (primary N) is 1. The summed E-state index contributed by atoms with van der Waals surface area (Å²) < 4.78 is 39.1. The Morgan fingerprint density at radius 3 is 2.71 bits per heavy atom. The van der Waals surface area contributed by atoms with Crippen LogP contribution in [0.3, 0.4) is 0 Å². The van der Waals surface area contributed by atoms with Crippen LogP contribution >= 0.6 is 0 Å². The monoisotopic (exact) mass is 491 g/mol. The number of aliphatic hydroxyl groups excluding tert-OH is 3. The number of rotatable bonds is 5. The van der Waals surface area contributed by atoms with Crippen molar-refractivity contribution in [2.45, 2.75) is 35.8 Å². The van der Waals surface area contributed by atoms with Gasteiger partial charge in [0.15, 0.2) is 23.3 Å². The number of nitrogen functional groups attached to an aromatic ring is 1. The number of para-hydroxylation sites is 1. The molecular weight excluding hydrogens is 474 g/mol. The van der Waals surface area contributed by atoms with Crippen molar-refractivity contribution in [3.63, 3.8) is 0 Å². The lowest BCUT2D eigenvalue weighted by molar-refractivity contribution is -0.0865. The molecule has 34 heavy (non-hydrogen) atoms. The van der Waals surface area contributed by atoms with Gasteiger partial charge in [-0.05, 0) is 12.1 Å². The van der Waals surface area contributed by atoms with Crippen molar-refractivity contribution in [2.75, 3.05) is 5.73 Å². The van der Waals surface area contributed by atoms with E-state index in [-0.39, 0.29) is 28.0 Å². The molecule has 0 amide bonds. The minimum atomic E-state index is -4.72. The topological polar surface area (TPSA) is 229 Å². The lowest BCUT2D eigenvalue weighted by Crippen LogP contribution is -2.49. The molecule has 15 nitrogen and oxygen atoms in total. The number of aromatic nitrogens is 5. The first kappa shape index (κ1) is 22.3. The van der Waals surface area contributed by atoms with Crippen molar-refractivity contribution in [1.29, 1.82) is 0 Å². The molecule has 1 unspecified atom stereocenters. The van der Waals surface area contributed by atoms with Crippen LogP contribution in [0.5, 0.6) is 0 Å². The lowest BCUT2D eigenvalue weighted by atomic mass is 10.1. The van der Waals surface area contributed by atoms with Crippen molar-refractivity contribution < 1.29 is 33.0 Å². The van der Waals surface area contributed by atoms with Gasteiger partial charge in [0.05, 0.1) is 11.7 Å². The van der Waals surface area contributed by atoms with E-state index in [4.69, 9.17) is 15.0 Å². The number of nitrogens with one attached hydrogen (secondary N) is 1. The molecule has 1 aliphatic rings. The van der Waals surface area contributed by atoms with Crippen molar-refractivity contribution in [1.82, 2.24) is 29.4 Å². The number of hydrogen-bond acceptors (Lipinski definition) is 13. The van der Waals surface area contributed by atoms with Crippen LogP contribution in [0.25, 0.3) is 22.1 Å². The highest BCUT2D eigenvalue weighted by Crippen LogP contribution is 2.33. The SMILES string of the molecule is Nc1ncnc2c1ncn2[C@@H]1O[C@H](C(O)NS(=O)(=O)c2noc3ccccc3c2=O)[C@@H](O)[C@H]1O. The second-order valence-electron chi connectivity index (χ2n) is 7.43. The summed E-state index contributed by atoms with van der Waals surface area (Å²) in [5.41, 5.74) is 5.26. The Labute approximate surface area is 189 Å². The first-order valence-corrected chi connectivity index (χ1v) is 11.2. The van der Waals surface area contributed by atoms with Gasteiger partial charge in [0.1, 0.15) is 36.4 Å². The van der Waals surface area contributed by atoms with Gasteiger partial charge >= 0.3 is 0 Å². The Hall–Kier alpha value is -3.54. The highest BCUT2D eigenvalue weighted by molar-refractivity contribution is 7.89. The minimum absolute atomic E-state index is 0.0340. The average Bonchev–Trinajstić information content (AvgIpc) is 3.36. The zero-order valence-corrected chi connectivity index (χ0v) is 17.8. The lowest BCUT2D eigenvalue weighted by Gasteiger charge is -2.21. The summed E-state index contributed by atoms with van der Waals surface area (Å²) >= 11 is 0. The maximum absolute atomic E-state index is 12.7. The van der Waals surface area contributed by atoms with Crippen LogP contribution in [0.4, 0.5) is 5.82 Å². The number of nitrogens with zero attached hydrogens (tertiary/aromatic N) is 5. The Morgan fingerprint density at radius 1 is 1.15 bits per heavy atom. The molecule has 0 saturated carbocycles. The van der Waals surface area contributed by atoms with E-state index in [0.717, 1.165) is 6.33 Å². The zero-order valence-electron chi connectivity index (χ0n) is 17.0. The molecule has 1 saturated heterocycles. The molecule has 1 aliphatic heterocycles. The molecule has 5 atom stereocenters. The first-order valence-electron chi connectivity index (χ1n) is 9.73. The normalized spacial score (nSPS) is 24.1. The standard InChI is InChI=1S/C18H17N7O8S/c19-14-9-15(21-5-20-14)25(6-22-9)18-12(28)11(27)13(32-18)16(29)24-34(30,31)17-10(26)7-3-1-2-4-8(7)33-23-17/h1-6,11-13,16,18,24,27-29H,(H2,19,20,21)/t11-,12+,13-,16?,18+/m0/s1. The molecule has 178 valence electrons. The van der Waals surface area contributed by atoms with Crippen LogP contribution in [-0.2, 0) is 14.8 Å². The van der Waals surface area contributed by atoms with Crippen LogP contribution in [0.2, 0.25) is 0 Å². The van der Waals surface area contributed by atoms with Gasteiger partial charge in [0.25, 0.3) is 15.0 Å². The quantitative estimate of drug-likeness (QED) is 0.187. The third kappa shape index (κ3) is 3.49. The Kier molecular flexibility index (Phi) is 5.27. The number of anilines is 1. The number of sulfonamides is 1. The molecular formula is C18H17N7O8S. The largest absolute Gasteiger partial charge is 0.387 e. The summed E-state index contributed by atoms with van der Waals surface area (Å²) in [6, 6.07) is 5.88. The molecule has 5 rings (SSSR count). The van der Waals surface area contributed by atoms with Crippen molar-refractivity contribution in [3.05, 3.63) is 47.1 Å². The fourth-order valence-corrected chi connectivity index (χ4v) is 4.72. The van der Waals surface area contributed by atoms with Crippen LogP contribution in [-0.4, -0.2) is 73.0 Å². The number of benzene rings is 1. The number of ether oxygens (including phenoxy) is 1. The van der Waals surface area contributed by atoms with E-state index in [9.17, 15) is 28.5 Å². The highest BCUT2D eigenvalue weighted by Gasteiger charge is 2.48. The molecule has 3 aromatic heterocycles. The predicted octanol–water partition coefficient (Wildman–Crippen LogP) is -2.17. The summed E-state index contributed by atoms with van der Waals surface area (Å²) in [5.74, 6) is 0.0721. The van der Waals surface area contributed by atoms with Gasteiger partial charge in [-0.15, -0.1) is 0 Å². The smallest absolute Gasteiger partial charge is 0.267 e. The van der Waals surface area contributed by atoms with E-state index in [2.05, 4.69) is 20.1 Å². The highest BCUT2D eigenvalue weighted by atomic mass is 32.2. The number of aliphatic hydroxyl groups is 3. The van der Waals surface area contributed by atoms with Gasteiger partial charge in [0, 0.05) is 0 Å². The number of fused-ring (bicyclic) bond motifs is 2. The summed E-state index contributed by atoms with van der Waals surface area (Å²) in [5, 5.41) is 33.7. The molecule has 0 bridgehead atoms. The summed E-state index contributed by atoms with van der Waals surface area (Å²) in [4.78, 5) is 24.4. The van der Waals surface area contributed by atoms with E-state index >= 15 is 0 Å². The van der Waals surface area contributed by atoms with Gasteiger partial charge in [-0.25, -0.2) is 23.4 Å². The molecule has 1 aromatic carbocycles. The minimum Gasteiger partial charge on any atom is -0.387 e. The molecule has 4 aromatic rings. The van der Waals surface area contributed by atoms with E-state index in [0.29, 0.717) is 0 Å². The Morgan fingerprint density at radius 2 is 1.91 bits per heavy atom. The van der Waals surface area contributed by atoms with E-state index in [1.165, 1.54) is 29.1 Å². The van der Waals surface area contributed by atoms with Gasteiger partial charge < -0.3 is 30.3 Å². The van der Waals surface area contributed by atoms with E-state index in [1.54, 1.807) is 6.07 Å². The summed E-state index contributed by atoms with van der Waals surface area (Å²) in [6.45, 7) is 0. The second kappa shape index (κ2) is 8.05. The first-order chi connectivity index (χ1) is 16.2. The molecule has 1 fully saturated rings. The van der Waals surface area contributed by atoms with Crippen LogP contribution < -0.4 is 15.9 Å². The molecule has 4 heterocycles. The third-order valence-electron chi connectivity index (χ3n) is 5.33. The molecule has 0 spiro atoms. The average molecular weight is 491 g/mol. The van der Waals surface area contributed by atoms with Crippen molar-refractivity contribution in [3.8, 4) is 0 Å². The van der Waals surface area contributed by atoms with Crippen LogP contribution in [0.1, 0.15) is 6.23 Å². The van der Waals surface area contributed by atoms with E-state index in [1.807, 2.05) is 4.72 Å². The van der Waals surface area contributed by atoms with Gasteiger partial charge in [-0.3, -0.25) is 9.36 Å². The van der Waals surface area contributed by atoms with Crippen molar-refractivity contribution >= 4 is 38.0 Å². The fraction of sp³-hybridized carbons (Fsp3) is 0.278. The molecule has 16 heteroatoms. The van der Waals surface area contributed by atoms with Crippen LogP contribution in [0.15, 0.2) is 51.3 Å². The maximum atomic E-state index is 12.7. The zero-order chi connectivity index (χ0) is 24.2. The summed E-state index contributed by atoms with van der Waals surface area (Å²) in [6.07, 6.45) is -5.97. The molecule has 0 radical (unpaired) electrons. The Balaban J connectivity index is 1.41. The predicted molar refractivity (Wildman–Crippen MR) is 112 cm³/mol. The Bertz CT molecular complexity index is 1550. The van der Waals surface area contributed by atoms with Crippen LogP contribution in [0, 0.1) is 0 Å². The third-order valence-corrected chi connectivity index (χ3v) is 6.65. The second-order valence-corrected chi connectivity index (χ2v) is 9.06. The van der Waals surface area contributed by atoms with E-state index < -0.39 is 51.2 Å². The number of hydrogen-bond donors (Lipinski definition) is 5. The number of imidazole rings is 1. The fourth-order valence-electron chi connectivity index (χ4n) is 3.67. The van der Waals surface area contributed by atoms with Crippen molar-refractivity contribution in [2.24, 2.45) is 0 Å². The maximum Gasteiger partial charge on any atom is 0.267 e.